The Morgan fingerprint density at radius 1 is 0.824 bits per heavy atom. The van der Waals surface area contributed by atoms with Crippen LogP contribution in [0.1, 0.15) is 5.56 Å². The van der Waals surface area contributed by atoms with E-state index in [4.69, 9.17) is 0 Å². The first-order valence-corrected chi connectivity index (χ1v) is 6.47. The number of hydrogen-bond acceptors (Lipinski definition) is 2. The average Bonchev–Trinajstić information content (AvgIpc) is 2.29. The molecule has 0 aliphatic heterocycles. The Morgan fingerprint density at radius 2 is 1.24 bits per heavy atom. The van der Waals surface area contributed by atoms with Crippen LogP contribution in [0.4, 0.5) is 3.89 Å². The summed E-state index contributed by atoms with van der Waals surface area (Å²) in [7, 11) is -4.61. The van der Waals surface area contributed by atoms with E-state index in [2.05, 4.69) is 0 Å². The van der Waals surface area contributed by atoms with E-state index in [9.17, 15) is 12.3 Å². The minimum Gasteiger partial charge on any atom is -0.189 e. The molecule has 0 aliphatic carbocycles. The normalized spacial score (nSPS) is 11.4. The van der Waals surface area contributed by atoms with Crippen LogP contribution in [0.15, 0.2) is 53.4 Å². The molecule has 4 heteroatoms. The van der Waals surface area contributed by atoms with Gasteiger partial charge >= 0.3 is 10.2 Å². The maximum Gasteiger partial charge on any atom is 0.332 e. The maximum absolute atomic E-state index is 12.7. The summed E-state index contributed by atoms with van der Waals surface area (Å²) in [6.07, 6.45) is 0. The monoisotopic (exact) mass is 250 g/mol. The van der Waals surface area contributed by atoms with Gasteiger partial charge in [-0.25, -0.2) is 0 Å². The van der Waals surface area contributed by atoms with Crippen LogP contribution in [0.2, 0.25) is 0 Å². The maximum atomic E-state index is 12.7. The molecule has 0 heterocycles. The van der Waals surface area contributed by atoms with Gasteiger partial charge < -0.3 is 0 Å². The second kappa shape index (κ2) is 4.30. The molecule has 0 aromatic heterocycles. The highest BCUT2D eigenvalue weighted by molar-refractivity contribution is 7.86. The summed E-state index contributed by atoms with van der Waals surface area (Å²) in [6, 6.07) is 13.5. The molecular formula is C13H11FO2S. The number of benzene rings is 2. The molecule has 88 valence electrons. The van der Waals surface area contributed by atoms with E-state index in [-0.39, 0.29) is 4.90 Å². The number of hydrogen-bond donors (Lipinski definition) is 0. The third kappa shape index (κ3) is 2.71. The summed E-state index contributed by atoms with van der Waals surface area (Å²) in [4.78, 5) is -0.312. The van der Waals surface area contributed by atoms with Crippen LogP contribution < -0.4 is 0 Å². The predicted molar refractivity (Wildman–Crippen MR) is 64.9 cm³/mol. The summed E-state index contributed by atoms with van der Waals surface area (Å²) in [5.41, 5.74) is 2.98. The lowest BCUT2D eigenvalue weighted by Crippen LogP contribution is -1.91. The van der Waals surface area contributed by atoms with E-state index in [1.807, 2.05) is 31.2 Å². The van der Waals surface area contributed by atoms with Gasteiger partial charge in [-0.05, 0) is 30.2 Å². The van der Waals surface area contributed by atoms with Crippen molar-refractivity contribution < 1.29 is 12.3 Å². The topological polar surface area (TPSA) is 34.1 Å². The summed E-state index contributed by atoms with van der Waals surface area (Å²) in [5.74, 6) is 0. The van der Waals surface area contributed by atoms with Gasteiger partial charge in [-0.3, -0.25) is 0 Å². The lowest BCUT2D eigenvalue weighted by molar-refractivity contribution is 0.552. The molecule has 0 aliphatic rings. The Balaban J connectivity index is 2.39. The molecule has 17 heavy (non-hydrogen) atoms. The third-order valence-corrected chi connectivity index (χ3v) is 3.36. The molecule has 0 fully saturated rings. The van der Waals surface area contributed by atoms with Crippen molar-refractivity contribution in [3.8, 4) is 11.1 Å². The Labute approximate surface area is 99.9 Å². The number of aryl methyl sites for hydroxylation is 1. The van der Waals surface area contributed by atoms with Crippen LogP contribution in [0.5, 0.6) is 0 Å². The highest BCUT2D eigenvalue weighted by atomic mass is 32.3. The van der Waals surface area contributed by atoms with Gasteiger partial charge in [0.1, 0.15) is 0 Å². The quantitative estimate of drug-likeness (QED) is 0.766. The Bertz CT molecular complexity index is 613. The molecule has 2 aromatic carbocycles. The van der Waals surface area contributed by atoms with Crippen molar-refractivity contribution in [3.63, 3.8) is 0 Å². The van der Waals surface area contributed by atoms with Crippen molar-refractivity contribution in [3.05, 3.63) is 54.1 Å². The summed E-state index contributed by atoms with van der Waals surface area (Å²) in [5, 5.41) is 0. The van der Waals surface area contributed by atoms with Crippen molar-refractivity contribution in [2.45, 2.75) is 11.8 Å². The van der Waals surface area contributed by atoms with Gasteiger partial charge in [0.05, 0.1) is 4.90 Å². The van der Waals surface area contributed by atoms with Gasteiger partial charge in [0, 0.05) is 0 Å². The number of rotatable bonds is 2. The second-order valence-electron chi connectivity index (χ2n) is 3.83. The van der Waals surface area contributed by atoms with Crippen LogP contribution in [-0.2, 0) is 10.2 Å². The first kappa shape index (κ1) is 11.8. The van der Waals surface area contributed by atoms with Gasteiger partial charge in [0.2, 0.25) is 0 Å². The lowest BCUT2D eigenvalue weighted by atomic mass is 10.0. The van der Waals surface area contributed by atoms with Crippen molar-refractivity contribution in [1.29, 1.82) is 0 Å². The van der Waals surface area contributed by atoms with Crippen LogP contribution >= 0.6 is 0 Å². The smallest absolute Gasteiger partial charge is 0.189 e. The summed E-state index contributed by atoms with van der Waals surface area (Å²) >= 11 is 0. The first-order valence-electron chi connectivity index (χ1n) is 5.08. The molecule has 0 saturated carbocycles. The molecule has 0 bridgehead atoms. The fraction of sp³-hybridized carbons (Fsp3) is 0.0769. The fourth-order valence-electron chi connectivity index (χ4n) is 1.56. The molecular weight excluding hydrogens is 239 g/mol. The molecule has 0 unspecified atom stereocenters. The molecule has 0 radical (unpaired) electrons. The zero-order valence-electron chi connectivity index (χ0n) is 9.22. The van der Waals surface area contributed by atoms with E-state index in [1.54, 1.807) is 12.1 Å². The van der Waals surface area contributed by atoms with Crippen molar-refractivity contribution in [1.82, 2.24) is 0 Å². The highest BCUT2D eigenvalue weighted by Crippen LogP contribution is 2.22. The Hall–Kier alpha value is -1.68. The van der Waals surface area contributed by atoms with E-state index in [0.29, 0.717) is 0 Å². The van der Waals surface area contributed by atoms with E-state index in [1.165, 1.54) is 12.1 Å². The van der Waals surface area contributed by atoms with E-state index < -0.39 is 10.2 Å². The Morgan fingerprint density at radius 3 is 1.65 bits per heavy atom. The largest absolute Gasteiger partial charge is 0.332 e. The molecule has 2 nitrogen and oxygen atoms in total. The SMILES string of the molecule is Cc1ccc(-c2ccc(S(=O)(=O)F)cc2)cc1. The van der Waals surface area contributed by atoms with E-state index in [0.717, 1.165) is 16.7 Å². The lowest BCUT2D eigenvalue weighted by Gasteiger charge is -2.02. The molecule has 2 aromatic rings. The van der Waals surface area contributed by atoms with Crippen LogP contribution in [0, 0.1) is 6.92 Å². The summed E-state index contributed by atoms with van der Waals surface area (Å²) < 4.78 is 34.0. The van der Waals surface area contributed by atoms with Crippen molar-refractivity contribution >= 4 is 10.2 Å². The van der Waals surface area contributed by atoms with Gasteiger partial charge in [-0.2, -0.15) is 8.42 Å². The van der Waals surface area contributed by atoms with Gasteiger partial charge in [-0.15, -0.1) is 3.89 Å². The molecule has 2 rings (SSSR count). The average molecular weight is 250 g/mol. The zero-order chi connectivity index (χ0) is 12.5. The van der Waals surface area contributed by atoms with Gasteiger partial charge in [0.25, 0.3) is 0 Å². The molecule has 0 atom stereocenters. The zero-order valence-corrected chi connectivity index (χ0v) is 10.0. The second-order valence-corrected chi connectivity index (χ2v) is 5.18. The van der Waals surface area contributed by atoms with Crippen LogP contribution in [0.25, 0.3) is 11.1 Å². The molecule has 0 spiro atoms. The molecule has 0 amide bonds. The molecule has 0 N–H and O–H groups in total. The first-order chi connectivity index (χ1) is 7.97. The predicted octanol–water partition coefficient (Wildman–Crippen LogP) is 3.32. The third-order valence-electron chi connectivity index (χ3n) is 2.52. The van der Waals surface area contributed by atoms with Crippen LogP contribution in [0.3, 0.4) is 0 Å². The van der Waals surface area contributed by atoms with Gasteiger partial charge in [0.15, 0.2) is 0 Å². The Kier molecular flexibility index (Phi) is 2.98. The summed E-state index contributed by atoms with van der Waals surface area (Å²) in [6.45, 7) is 1.99. The van der Waals surface area contributed by atoms with Crippen molar-refractivity contribution in [2.75, 3.05) is 0 Å². The number of halogens is 1. The minimum atomic E-state index is -4.61. The highest BCUT2D eigenvalue weighted by Gasteiger charge is 2.10. The van der Waals surface area contributed by atoms with Crippen LogP contribution in [-0.4, -0.2) is 8.42 Å². The van der Waals surface area contributed by atoms with E-state index >= 15 is 0 Å². The minimum absolute atomic E-state index is 0.312. The standard InChI is InChI=1S/C13H11FO2S/c1-10-2-4-11(5-3-10)12-6-8-13(9-7-12)17(14,15)16/h2-9H,1H3. The van der Waals surface area contributed by atoms with Crippen molar-refractivity contribution in [2.24, 2.45) is 0 Å². The fourth-order valence-corrected chi connectivity index (χ4v) is 2.02. The van der Waals surface area contributed by atoms with Gasteiger partial charge in [-0.1, -0.05) is 42.0 Å². The molecule has 0 saturated heterocycles.